The van der Waals surface area contributed by atoms with Crippen LogP contribution in [0.15, 0.2) is 16.4 Å². The summed E-state index contributed by atoms with van der Waals surface area (Å²) >= 11 is 0. The highest BCUT2D eigenvalue weighted by Gasteiger charge is 2.42. The minimum absolute atomic E-state index is 0.257. The molecule has 0 aromatic heterocycles. The third-order valence-corrected chi connectivity index (χ3v) is 4.73. The molecule has 0 radical (unpaired) electrons. The van der Waals surface area contributed by atoms with E-state index in [1.807, 2.05) is 13.8 Å². The van der Waals surface area contributed by atoms with Crippen molar-refractivity contribution in [3.05, 3.63) is 11.3 Å². The van der Waals surface area contributed by atoms with Crippen LogP contribution in [0.4, 0.5) is 0 Å². The minimum Gasteiger partial charge on any atom is -0.461 e. The smallest absolute Gasteiger partial charge is 0.302 e. The van der Waals surface area contributed by atoms with E-state index in [0.717, 1.165) is 6.42 Å². The Kier molecular flexibility index (Phi) is 4.61. The topological polar surface area (TPSA) is 58.9 Å². The highest BCUT2D eigenvalue weighted by Crippen LogP contribution is 2.38. The van der Waals surface area contributed by atoms with Gasteiger partial charge in [-0.05, 0) is 0 Å². The van der Waals surface area contributed by atoms with Gasteiger partial charge in [0.2, 0.25) is 0 Å². The van der Waals surface area contributed by atoms with Crippen molar-refractivity contribution in [2.45, 2.75) is 59.4 Å². The van der Waals surface area contributed by atoms with Gasteiger partial charge in [0.05, 0.1) is 13.8 Å². The largest absolute Gasteiger partial charge is 0.461 e. The molecular formula is C14H25NO3Si. The molecule has 0 amide bonds. The average Bonchev–Trinajstić information content (AvgIpc) is 2.19. The summed E-state index contributed by atoms with van der Waals surface area (Å²) in [7, 11) is -1.34. The number of nitrogens with zero attached hydrogens (tertiary/aromatic N) is 1. The van der Waals surface area contributed by atoms with E-state index in [9.17, 15) is 10.0 Å². The Morgan fingerprint density at radius 3 is 2.47 bits per heavy atom. The Morgan fingerprint density at radius 1 is 1.47 bits per heavy atom. The Balaban J connectivity index is 3.08. The third kappa shape index (κ3) is 4.20. The highest BCUT2D eigenvalue weighted by atomic mass is 28.3. The van der Waals surface area contributed by atoms with Crippen LogP contribution in [0.2, 0.25) is 19.6 Å². The summed E-state index contributed by atoms with van der Waals surface area (Å²) in [6.45, 7) is 12.1. The van der Waals surface area contributed by atoms with Gasteiger partial charge in [-0.3, -0.25) is 4.79 Å². The first-order valence-electron chi connectivity index (χ1n) is 6.65. The van der Waals surface area contributed by atoms with Gasteiger partial charge in [0.25, 0.3) is 0 Å². The molecular weight excluding hydrogens is 258 g/mol. The maximum absolute atomic E-state index is 11.3. The first-order valence-corrected chi connectivity index (χ1v) is 10.2. The van der Waals surface area contributed by atoms with Crippen LogP contribution in [0.1, 0.15) is 33.6 Å². The van der Waals surface area contributed by atoms with Crippen molar-refractivity contribution in [3.8, 4) is 0 Å². The molecule has 1 aliphatic rings. The van der Waals surface area contributed by atoms with Crippen molar-refractivity contribution in [1.29, 1.82) is 0 Å². The summed E-state index contributed by atoms with van der Waals surface area (Å²) < 4.78 is 5.43. The number of oxime groups is 1. The van der Waals surface area contributed by atoms with Gasteiger partial charge < -0.3 is 9.94 Å². The van der Waals surface area contributed by atoms with Crippen LogP contribution in [0, 0.1) is 5.41 Å². The van der Waals surface area contributed by atoms with E-state index in [1.54, 1.807) is 0 Å². The lowest BCUT2D eigenvalue weighted by Gasteiger charge is -2.39. The highest BCUT2D eigenvalue weighted by molar-refractivity contribution is 6.81. The Hall–Kier alpha value is -1.10. The van der Waals surface area contributed by atoms with Crippen molar-refractivity contribution in [1.82, 2.24) is 0 Å². The third-order valence-electron chi connectivity index (χ3n) is 3.46. The van der Waals surface area contributed by atoms with Gasteiger partial charge in [0.15, 0.2) is 0 Å². The van der Waals surface area contributed by atoms with Crippen molar-refractivity contribution in [2.24, 2.45) is 10.6 Å². The fraction of sp³-hybridized carbons (Fsp3) is 0.714. The SMILES string of the molecule is CC(=O)OC1C/C(=C/[Si](C)(C)C)C/C(=N/O)C1(C)C. The van der Waals surface area contributed by atoms with Gasteiger partial charge in [0, 0.05) is 25.2 Å². The fourth-order valence-corrected chi connectivity index (χ4v) is 3.91. The number of rotatable bonds is 2. The zero-order chi connectivity index (χ0) is 14.8. The molecule has 1 atom stereocenters. The van der Waals surface area contributed by atoms with Gasteiger partial charge in [-0.2, -0.15) is 0 Å². The number of hydrogen-bond donors (Lipinski definition) is 1. The van der Waals surface area contributed by atoms with E-state index < -0.39 is 13.5 Å². The molecule has 1 fully saturated rings. The molecule has 0 saturated heterocycles. The summed E-state index contributed by atoms with van der Waals surface area (Å²) in [6, 6.07) is 0. The maximum atomic E-state index is 11.3. The lowest BCUT2D eigenvalue weighted by atomic mass is 9.71. The molecule has 0 spiro atoms. The second kappa shape index (κ2) is 5.49. The maximum Gasteiger partial charge on any atom is 0.302 e. The van der Waals surface area contributed by atoms with Crippen LogP contribution in [0.3, 0.4) is 0 Å². The molecule has 1 unspecified atom stereocenters. The molecule has 0 aromatic carbocycles. The quantitative estimate of drug-likeness (QED) is 0.366. The van der Waals surface area contributed by atoms with Crippen molar-refractivity contribution >= 4 is 19.8 Å². The predicted molar refractivity (Wildman–Crippen MR) is 79.2 cm³/mol. The summed E-state index contributed by atoms with van der Waals surface area (Å²) in [5.41, 5.74) is 3.80. The molecule has 1 saturated carbocycles. The van der Waals surface area contributed by atoms with Crippen molar-refractivity contribution in [3.63, 3.8) is 0 Å². The molecule has 0 heterocycles. The van der Waals surface area contributed by atoms with E-state index in [4.69, 9.17) is 4.74 Å². The first-order chi connectivity index (χ1) is 8.56. The number of esters is 1. The zero-order valence-corrected chi connectivity index (χ0v) is 13.8. The standard InChI is InChI=1S/C14H25NO3Si/c1-10(16)18-13-8-11(9-19(4,5)6)7-12(15-17)14(13,2)3/h9,13,17H,7-8H2,1-6H3/b11-9+,15-12-. The molecule has 0 aromatic rings. The Labute approximate surface area is 116 Å². The van der Waals surface area contributed by atoms with E-state index in [2.05, 4.69) is 30.5 Å². The minimum atomic E-state index is -1.34. The number of hydrogen-bond acceptors (Lipinski definition) is 4. The number of carbonyl (C=O) groups is 1. The van der Waals surface area contributed by atoms with E-state index in [1.165, 1.54) is 12.5 Å². The first kappa shape index (κ1) is 16.0. The zero-order valence-electron chi connectivity index (χ0n) is 12.8. The fourth-order valence-electron chi connectivity index (χ4n) is 2.47. The van der Waals surface area contributed by atoms with Gasteiger partial charge in [-0.25, -0.2) is 0 Å². The molecule has 4 nitrogen and oxygen atoms in total. The second-order valence-corrected chi connectivity index (χ2v) is 11.9. The molecule has 108 valence electrons. The van der Waals surface area contributed by atoms with E-state index in [-0.39, 0.29) is 12.1 Å². The van der Waals surface area contributed by atoms with Crippen LogP contribution >= 0.6 is 0 Å². The summed E-state index contributed by atoms with van der Waals surface area (Å²) in [5, 5.41) is 12.7. The van der Waals surface area contributed by atoms with Gasteiger partial charge in [-0.1, -0.05) is 49.9 Å². The average molecular weight is 283 g/mol. The molecule has 1 N–H and O–H groups in total. The Morgan fingerprint density at radius 2 is 2.05 bits per heavy atom. The number of carbonyl (C=O) groups excluding carboxylic acids is 1. The molecule has 0 aliphatic heterocycles. The lowest BCUT2D eigenvalue weighted by Crippen LogP contribution is -2.44. The van der Waals surface area contributed by atoms with Crippen LogP contribution in [0.25, 0.3) is 0 Å². The van der Waals surface area contributed by atoms with Gasteiger partial charge in [0.1, 0.15) is 6.10 Å². The van der Waals surface area contributed by atoms with Gasteiger partial charge in [-0.15, -0.1) is 0 Å². The van der Waals surface area contributed by atoms with Crippen LogP contribution in [0.5, 0.6) is 0 Å². The van der Waals surface area contributed by atoms with Crippen LogP contribution in [-0.2, 0) is 9.53 Å². The summed E-state index contributed by atoms with van der Waals surface area (Å²) in [6.07, 6.45) is 1.15. The molecule has 5 heteroatoms. The molecule has 1 aliphatic carbocycles. The van der Waals surface area contributed by atoms with Gasteiger partial charge >= 0.3 is 5.97 Å². The number of ether oxygens (including phenoxy) is 1. The van der Waals surface area contributed by atoms with E-state index >= 15 is 0 Å². The van der Waals surface area contributed by atoms with E-state index in [0.29, 0.717) is 12.1 Å². The van der Waals surface area contributed by atoms with Crippen molar-refractivity contribution in [2.75, 3.05) is 0 Å². The molecule has 19 heavy (non-hydrogen) atoms. The Bertz CT molecular complexity index is 419. The van der Waals surface area contributed by atoms with Crippen molar-refractivity contribution < 1.29 is 14.7 Å². The molecule has 0 bridgehead atoms. The molecule has 1 rings (SSSR count). The lowest BCUT2D eigenvalue weighted by molar-refractivity contribution is -0.150. The summed E-state index contributed by atoms with van der Waals surface area (Å²) in [5.74, 6) is -0.287. The second-order valence-electron chi connectivity index (χ2n) is 6.92. The van der Waals surface area contributed by atoms with Crippen LogP contribution < -0.4 is 0 Å². The normalized spacial score (nSPS) is 27.6. The predicted octanol–water partition coefficient (Wildman–Crippen LogP) is 3.37. The van der Waals surface area contributed by atoms with Crippen LogP contribution in [-0.4, -0.2) is 31.1 Å². The summed E-state index contributed by atoms with van der Waals surface area (Å²) in [4.78, 5) is 11.3. The monoisotopic (exact) mass is 283 g/mol.